The van der Waals surface area contributed by atoms with Crippen LogP contribution in [0.5, 0.6) is 5.75 Å². The van der Waals surface area contributed by atoms with Crippen LogP contribution in [-0.2, 0) is 20.2 Å². The smallest absolute Gasteiger partial charge is 0.324 e. The van der Waals surface area contributed by atoms with Gasteiger partial charge in [0.25, 0.3) is 0 Å². The first-order valence-corrected chi connectivity index (χ1v) is 13.4. The van der Waals surface area contributed by atoms with E-state index in [1.54, 1.807) is 24.3 Å². The van der Waals surface area contributed by atoms with Crippen LogP contribution in [0.2, 0.25) is 0 Å². The van der Waals surface area contributed by atoms with E-state index < -0.39 is 15.5 Å². The summed E-state index contributed by atoms with van der Waals surface area (Å²) in [5.41, 5.74) is -1.62. The van der Waals surface area contributed by atoms with Gasteiger partial charge in [-0.3, -0.25) is 0 Å². The Kier molecular flexibility index (Phi) is 6.95. The summed E-state index contributed by atoms with van der Waals surface area (Å²) >= 11 is 0. The highest BCUT2D eigenvalue weighted by Crippen LogP contribution is 2.30. The maximum absolute atomic E-state index is 14.0. The van der Waals surface area contributed by atoms with Crippen molar-refractivity contribution in [1.82, 2.24) is 10.1 Å². The van der Waals surface area contributed by atoms with Crippen LogP contribution in [0.4, 0.5) is 10.4 Å². The topological polar surface area (TPSA) is 94.8 Å². The highest BCUT2D eigenvalue weighted by atomic mass is 32.2. The molecule has 1 aromatic carbocycles. The van der Waals surface area contributed by atoms with Crippen LogP contribution in [0.25, 0.3) is 0 Å². The molecule has 0 bridgehead atoms. The Hall–Kier alpha value is -2.20. The molecule has 1 saturated heterocycles. The first kappa shape index (κ1) is 23.9. The van der Waals surface area contributed by atoms with Crippen molar-refractivity contribution in [1.29, 1.82) is 0 Å². The molecule has 1 saturated carbocycles. The third-order valence-electron chi connectivity index (χ3n) is 6.22. The third-order valence-corrected chi connectivity index (χ3v) is 7.35. The molecule has 10 heteroatoms. The molecule has 0 spiro atoms. The Morgan fingerprint density at radius 2 is 1.58 bits per heavy atom. The fourth-order valence-electron chi connectivity index (χ4n) is 4.28. The number of piperidine rings is 1. The van der Waals surface area contributed by atoms with Gasteiger partial charge in [0, 0.05) is 19.3 Å². The van der Waals surface area contributed by atoms with Gasteiger partial charge in [0.15, 0.2) is 15.5 Å². The van der Waals surface area contributed by atoms with Gasteiger partial charge < -0.3 is 18.9 Å². The van der Waals surface area contributed by atoms with E-state index in [9.17, 15) is 12.8 Å². The molecule has 4 rings (SSSR count). The van der Waals surface area contributed by atoms with Crippen LogP contribution in [0.15, 0.2) is 33.7 Å². The fourth-order valence-corrected chi connectivity index (χ4v) is 4.92. The number of nitrogens with zero attached hydrogens (tertiary/aromatic N) is 3. The monoisotopic (exact) mass is 481 g/mol. The SMILES string of the molecule is CC(C)(F)c1noc(N2CCC(OC3CCC(Oc4ccc(S(C)(=O)=O)cc4)CC3)CC2)n1. The number of hydrogen-bond acceptors (Lipinski definition) is 8. The fraction of sp³-hybridized carbons (Fsp3) is 0.652. The Morgan fingerprint density at radius 3 is 2.12 bits per heavy atom. The summed E-state index contributed by atoms with van der Waals surface area (Å²) < 4.78 is 54.8. The van der Waals surface area contributed by atoms with Crippen molar-refractivity contribution in [3.63, 3.8) is 0 Å². The minimum Gasteiger partial charge on any atom is -0.490 e. The summed E-state index contributed by atoms with van der Waals surface area (Å²) in [7, 11) is -3.20. The Balaban J connectivity index is 1.19. The lowest BCUT2D eigenvalue weighted by Gasteiger charge is -2.35. The molecular weight excluding hydrogens is 449 g/mol. The Bertz CT molecular complexity index is 1020. The van der Waals surface area contributed by atoms with E-state index in [1.807, 2.05) is 4.90 Å². The second-order valence-corrected chi connectivity index (χ2v) is 11.5. The molecule has 0 radical (unpaired) electrons. The summed E-state index contributed by atoms with van der Waals surface area (Å²) in [6.45, 7) is 4.30. The number of aromatic nitrogens is 2. The summed E-state index contributed by atoms with van der Waals surface area (Å²) in [6.07, 6.45) is 7.12. The van der Waals surface area contributed by atoms with Crippen LogP contribution in [-0.4, -0.2) is 56.2 Å². The number of rotatable bonds is 7. The van der Waals surface area contributed by atoms with Gasteiger partial charge in [-0.1, -0.05) is 5.16 Å². The largest absolute Gasteiger partial charge is 0.490 e. The van der Waals surface area contributed by atoms with Crippen molar-refractivity contribution >= 4 is 15.9 Å². The average molecular weight is 482 g/mol. The number of ether oxygens (including phenoxy) is 2. The minimum absolute atomic E-state index is 0.0705. The predicted molar refractivity (Wildman–Crippen MR) is 121 cm³/mol. The van der Waals surface area contributed by atoms with E-state index in [4.69, 9.17) is 14.0 Å². The average Bonchev–Trinajstić information content (AvgIpc) is 3.26. The van der Waals surface area contributed by atoms with E-state index in [0.717, 1.165) is 51.6 Å². The number of anilines is 1. The molecule has 2 aromatic rings. The zero-order chi connectivity index (χ0) is 23.6. The van der Waals surface area contributed by atoms with Gasteiger partial charge in [0.1, 0.15) is 5.75 Å². The van der Waals surface area contributed by atoms with Gasteiger partial charge in [-0.05, 0) is 76.6 Å². The molecule has 0 unspecified atom stereocenters. The van der Waals surface area contributed by atoms with Gasteiger partial charge in [0.2, 0.25) is 5.82 Å². The van der Waals surface area contributed by atoms with Gasteiger partial charge in [-0.25, -0.2) is 12.8 Å². The zero-order valence-electron chi connectivity index (χ0n) is 19.4. The molecule has 0 atom stereocenters. The second-order valence-electron chi connectivity index (χ2n) is 9.46. The number of sulfone groups is 1. The van der Waals surface area contributed by atoms with E-state index >= 15 is 0 Å². The van der Waals surface area contributed by atoms with Gasteiger partial charge in [-0.2, -0.15) is 4.98 Å². The van der Waals surface area contributed by atoms with Crippen LogP contribution in [0, 0.1) is 0 Å². The quantitative estimate of drug-likeness (QED) is 0.585. The van der Waals surface area contributed by atoms with Crippen LogP contribution >= 0.6 is 0 Å². The van der Waals surface area contributed by atoms with Crippen molar-refractivity contribution in [3.05, 3.63) is 30.1 Å². The maximum Gasteiger partial charge on any atom is 0.324 e. The van der Waals surface area contributed by atoms with Gasteiger partial charge in [-0.15, -0.1) is 0 Å². The normalized spacial score (nSPS) is 23.0. The van der Waals surface area contributed by atoms with Crippen molar-refractivity contribution in [2.75, 3.05) is 24.2 Å². The van der Waals surface area contributed by atoms with E-state index in [2.05, 4.69) is 10.1 Å². The lowest BCUT2D eigenvalue weighted by molar-refractivity contribution is -0.0530. The second kappa shape index (κ2) is 9.58. The van der Waals surface area contributed by atoms with Crippen molar-refractivity contribution in [2.45, 2.75) is 81.2 Å². The molecule has 0 amide bonds. The first-order chi connectivity index (χ1) is 15.6. The molecule has 1 aliphatic carbocycles. The summed E-state index contributed by atoms with van der Waals surface area (Å²) in [5.74, 6) is 0.765. The molecule has 1 aromatic heterocycles. The van der Waals surface area contributed by atoms with Gasteiger partial charge >= 0.3 is 6.01 Å². The standard InChI is InChI=1S/C23H32FN3O5S/c1-23(2,24)21-25-22(32-26-21)27-14-12-19(13-15-27)31-17-6-4-16(5-7-17)30-18-8-10-20(11-9-18)33(3,28)29/h8-11,16-17,19H,4-7,12-15H2,1-3H3. The van der Waals surface area contributed by atoms with Crippen LogP contribution in [0.1, 0.15) is 58.2 Å². The zero-order valence-corrected chi connectivity index (χ0v) is 20.2. The molecule has 0 N–H and O–H groups in total. The maximum atomic E-state index is 14.0. The number of halogens is 1. The van der Waals surface area contributed by atoms with E-state index in [0.29, 0.717) is 16.7 Å². The number of benzene rings is 1. The molecule has 33 heavy (non-hydrogen) atoms. The summed E-state index contributed by atoms with van der Waals surface area (Å²) in [4.78, 5) is 6.48. The van der Waals surface area contributed by atoms with Crippen molar-refractivity contribution < 1.29 is 26.8 Å². The predicted octanol–water partition coefficient (Wildman–Crippen LogP) is 4.05. The molecule has 2 fully saturated rings. The van der Waals surface area contributed by atoms with Crippen LogP contribution in [0.3, 0.4) is 0 Å². The lowest BCUT2D eigenvalue weighted by Crippen LogP contribution is -2.39. The molecule has 182 valence electrons. The Labute approximate surface area is 194 Å². The molecule has 1 aliphatic heterocycles. The van der Waals surface area contributed by atoms with E-state index in [-0.39, 0.29) is 24.1 Å². The van der Waals surface area contributed by atoms with E-state index in [1.165, 1.54) is 20.1 Å². The molecule has 2 heterocycles. The summed E-state index contributed by atoms with van der Waals surface area (Å²) in [6, 6.07) is 6.97. The third kappa shape index (κ3) is 6.23. The Morgan fingerprint density at radius 1 is 1.00 bits per heavy atom. The number of hydrogen-bond donors (Lipinski definition) is 0. The number of alkyl halides is 1. The van der Waals surface area contributed by atoms with Crippen molar-refractivity contribution in [3.8, 4) is 5.75 Å². The van der Waals surface area contributed by atoms with Crippen molar-refractivity contribution in [2.24, 2.45) is 0 Å². The lowest BCUT2D eigenvalue weighted by atomic mass is 9.94. The molecular formula is C23H32FN3O5S. The van der Waals surface area contributed by atoms with Gasteiger partial charge in [0.05, 0.1) is 23.2 Å². The first-order valence-electron chi connectivity index (χ1n) is 11.5. The highest BCUT2D eigenvalue weighted by Gasteiger charge is 2.31. The highest BCUT2D eigenvalue weighted by molar-refractivity contribution is 7.90. The molecule has 8 nitrogen and oxygen atoms in total. The minimum atomic E-state index is -3.20. The summed E-state index contributed by atoms with van der Waals surface area (Å²) in [5, 5.41) is 3.75. The molecule has 2 aliphatic rings. The van der Waals surface area contributed by atoms with Crippen LogP contribution < -0.4 is 9.64 Å².